The molecule has 2 N–H and O–H groups in total. The average molecular weight is 350 g/mol. The number of aliphatic hydroxyl groups excluding tert-OH is 1. The Morgan fingerprint density at radius 2 is 1.92 bits per heavy atom. The Bertz CT molecular complexity index is 640. The van der Waals surface area contributed by atoms with Gasteiger partial charge in [-0.15, -0.1) is 0 Å². The Balaban J connectivity index is 1.92. The van der Waals surface area contributed by atoms with Gasteiger partial charge in [-0.25, -0.2) is 0 Å². The minimum atomic E-state index is -1.30. The molecule has 2 saturated heterocycles. The van der Waals surface area contributed by atoms with Crippen LogP contribution in [0, 0.1) is 23.7 Å². The van der Waals surface area contributed by atoms with E-state index in [0.29, 0.717) is 0 Å². The smallest absolute Gasteiger partial charge is 0.173 e. The van der Waals surface area contributed by atoms with Crippen molar-refractivity contribution in [3.8, 4) is 0 Å². The zero-order chi connectivity index (χ0) is 18.4. The van der Waals surface area contributed by atoms with E-state index in [1.165, 1.54) is 0 Å². The highest BCUT2D eigenvalue weighted by atomic mass is 16.7. The molecule has 2 aliphatic carbocycles. The van der Waals surface area contributed by atoms with Crippen molar-refractivity contribution in [3.05, 3.63) is 11.6 Å². The van der Waals surface area contributed by atoms with Gasteiger partial charge in [-0.05, 0) is 45.4 Å². The van der Waals surface area contributed by atoms with Crippen LogP contribution in [0.1, 0.15) is 53.9 Å². The molecule has 0 aromatic heterocycles. The lowest BCUT2D eigenvalue weighted by molar-refractivity contribution is -0.277. The van der Waals surface area contributed by atoms with E-state index in [1.807, 2.05) is 33.8 Å². The summed E-state index contributed by atoms with van der Waals surface area (Å²) in [5.74, 6) is -0.986. The topological polar surface area (TPSA) is 76.0 Å². The maximum absolute atomic E-state index is 13.6. The summed E-state index contributed by atoms with van der Waals surface area (Å²) in [6.45, 7) is 9.93. The van der Waals surface area contributed by atoms with Crippen molar-refractivity contribution in [1.29, 1.82) is 0 Å². The summed E-state index contributed by atoms with van der Waals surface area (Å²) in [6.07, 6.45) is 2.58. The summed E-state index contributed by atoms with van der Waals surface area (Å²) in [7, 11) is 0. The van der Waals surface area contributed by atoms with Gasteiger partial charge in [0.1, 0.15) is 17.3 Å². The zero-order valence-corrected chi connectivity index (χ0v) is 15.8. The molecule has 9 atom stereocenters. The number of ketones is 1. The molecule has 5 heteroatoms. The fraction of sp³-hybridized carbons (Fsp3) is 0.850. The van der Waals surface area contributed by atoms with E-state index in [2.05, 4.69) is 6.92 Å². The van der Waals surface area contributed by atoms with E-state index in [0.717, 1.165) is 18.4 Å². The molecule has 5 nitrogen and oxygen atoms in total. The van der Waals surface area contributed by atoms with Gasteiger partial charge in [-0.1, -0.05) is 25.5 Å². The van der Waals surface area contributed by atoms with Gasteiger partial charge < -0.3 is 19.7 Å². The first-order chi connectivity index (χ1) is 11.6. The monoisotopic (exact) mass is 350 g/mol. The Kier molecular flexibility index (Phi) is 3.64. The summed E-state index contributed by atoms with van der Waals surface area (Å²) in [5, 5.41) is 21.8. The Hall–Kier alpha value is -0.750. The molecule has 0 aromatic carbocycles. The molecular formula is C20H30O5. The van der Waals surface area contributed by atoms with E-state index in [4.69, 9.17) is 9.47 Å². The van der Waals surface area contributed by atoms with Crippen molar-refractivity contribution in [2.75, 3.05) is 0 Å². The molecule has 2 heterocycles. The van der Waals surface area contributed by atoms with Crippen LogP contribution in [0.5, 0.6) is 0 Å². The summed E-state index contributed by atoms with van der Waals surface area (Å²) in [4.78, 5) is 13.6. The molecule has 4 rings (SSSR count). The molecule has 2 bridgehead atoms. The normalized spacial score (nSPS) is 57.2. The molecule has 0 unspecified atom stereocenters. The maximum atomic E-state index is 13.6. The summed E-state index contributed by atoms with van der Waals surface area (Å²) in [5.41, 5.74) is -1.93. The fourth-order valence-corrected chi connectivity index (χ4v) is 6.43. The van der Waals surface area contributed by atoms with Gasteiger partial charge in [0.05, 0.1) is 11.5 Å². The average Bonchev–Trinajstić information content (AvgIpc) is 2.87. The quantitative estimate of drug-likeness (QED) is 0.709. The van der Waals surface area contributed by atoms with Gasteiger partial charge >= 0.3 is 0 Å². The van der Waals surface area contributed by atoms with Crippen LogP contribution < -0.4 is 0 Å². The van der Waals surface area contributed by atoms with Gasteiger partial charge in [-0.3, -0.25) is 4.79 Å². The van der Waals surface area contributed by atoms with Crippen molar-refractivity contribution in [1.82, 2.24) is 0 Å². The van der Waals surface area contributed by atoms with Crippen LogP contribution in [0.4, 0.5) is 0 Å². The molecule has 2 saturated carbocycles. The number of aliphatic hydroxyl groups is 2. The van der Waals surface area contributed by atoms with Crippen LogP contribution in [0.25, 0.3) is 0 Å². The Morgan fingerprint density at radius 1 is 1.24 bits per heavy atom. The number of rotatable bonds is 1. The first kappa shape index (κ1) is 17.7. The highest BCUT2D eigenvalue weighted by molar-refractivity contribution is 5.94. The lowest BCUT2D eigenvalue weighted by atomic mass is 9.52. The highest BCUT2D eigenvalue weighted by Crippen LogP contribution is 2.65. The minimum absolute atomic E-state index is 0.0541. The first-order valence-corrected chi connectivity index (χ1v) is 9.52. The molecule has 2 aliphatic heterocycles. The van der Waals surface area contributed by atoms with E-state index >= 15 is 0 Å². The molecule has 4 fully saturated rings. The lowest BCUT2D eigenvalue weighted by Gasteiger charge is -2.57. The van der Waals surface area contributed by atoms with Crippen molar-refractivity contribution in [3.63, 3.8) is 0 Å². The predicted octanol–water partition coefficient (Wildman–Crippen LogP) is 2.20. The lowest BCUT2D eigenvalue weighted by Crippen LogP contribution is -2.72. The molecule has 0 spiro atoms. The van der Waals surface area contributed by atoms with Gasteiger partial charge in [-0.2, -0.15) is 0 Å². The van der Waals surface area contributed by atoms with Crippen LogP contribution >= 0.6 is 0 Å². The van der Waals surface area contributed by atoms with E-state index in [1.54, 1.807) is 0 Å². The largest absolute Gasteiger partial charge is 0.381 e. The van der Waals surface area contributed by atoms with Crippen molar-refractivity contribution < 1.29 is 24.5 Å². The molecule has 0 radical (unpaired) electrons. The third-order valence-corrected chi connectivity index (χ3v) is 7.51. The maximum Gasteiger partial charge on any atom is 0.173 e. The zero-order valence-electron chi connectivity index (χ0n) is 15.8. The second-order valence-electron chi connectivity index (χ2n) is 9.22. The van der Waals surface area contributed by atoms with Crippen molar-refractivity contribution in [2.24, 2.45) is 23.7 Å². The molecule has 0 amide bonds. The number of carbonyl (C=O) groups is 1. The number of hydrogen-bond acceptors (Lipinski definition) is 5. The molecule has 4 aliphatic rings. The Morgan fingerprint density at radius 3 is 2.56 bits per heavy atom. The number of hydrogen-bond donors (Lipinski definition) is 2. The van der Waals surface area contributed by atoms with Gasteiger partial charge in [0.15, 0.2) is 12.1 Å². The van der Waals surface area contributed by atoms with Crippen LogP contribution in [0.15, 0.2) is 11.6 Å². The predicted molar refractivity (Wildman–Crippen MR) is 91.6 cm³/mol. The number of allylic oxidation sites excluding steroid dienone is 1. The summed E-state index contributed by atoms with van der Waals surface area (Å²) >= 11 is 0. The van der Waals surface area contributed by atoms with Crippen molar-refractivity contribution in [2.45, 2.75) is 83.1 Å². The third kappa shape index (κ3) is 1.96. The highest BCUT2D eigenvalue weighted by Gasteiger charge is 2.78. The minimum Gasteiger partial charge on any atom is -0.381 e. The van der Waals surface area contributed by atoms with Crippen LogP contribution in [0.3, 0.4) is 0 Å². The molecule has 0 aromatic rings. The van der Waals surface area contributed by atoms with Gasteiger partial charge in [0.2, 0.25) is 0 Å². The SMILES string of the molecule is CC(C)=C[C@H]1O[C@]2(C)C[C@H](O)O[C@]13[C@H]2C(=O)[C@@]1(O)[C@@H](C)CC[C@H]1[C@@H]3C. The number of carbonyl (C=O) groups excluding carboxylic acids is 1. The van der Waals surface area contributed by atoms with E-state index < -0.39 is 29.0 Å². The molecular weight excluding hydrogens is 320 g/mol. The summed E-state index contributed by atoms with van der Waals surface area (Å²) < 4.78 is 12.6. The third-order valence-electron chi connectivity index (χ3n) is 7.51. The molecule has 25 heavy (non-hydrogen) atoms. The van der Waals surface area contributed by atoms with Crippen LogP contribution in [0.2, 0.25) is 0 Å². The standard InChI is InChI=1S/C20H30O5/c1-10(2)8-14-20-12(4)13-7-6-11(3)19(13,23)17(22)16(20)18(5,24-14)9-15(21)25-20/h8,11-16,21,23H,6-7,9H2,1-5H3/t11-,12-,13-,14+,15+,16-,18+,19+,20-/m0/s1. The first-order valence-electron chi connectivity index (χ1n) is 9.52. The number of fused-ring (bicyclic) bond motifs is 1. The van der Waals surface area contributed by atoms with Crippen molar-refractivity contribution >= 4 is 5.78 Å². The van der Waals surface area contributed by atoms with E-state index in [9.17, 15) is 15.0 Å². The number of Topliss-reactive ketones (excluding diaryl/α,β-unsaturated/α-hetero) is 1. The van der Waals surface area contributed by atoms with Crippen LogP contribution in [-0.4, -0.2) is 45.2 Å². The second kappa shape index (κ2) is 5.16. The Labute approximate surface area is 149 Å². The van der Waals surface area contributed by atoms with E-state index in [-0.39, 0.29) is 36.1 Å². The fourth-order valence-electron chi connectivity index (χ4n) is 6.43. The summed E-state index contributed by atoms with van der Waals surface area (Å²) in [6, 6.07) is 0. The molecule has 140 valence electrons. The van der Waals surface area contributed by atoms with Gasteiger partial charge in [0.25, 0.3) is 0 Å². The number of ether oxygens (including phenoxy) is 2. The van der Waals surface area contributed by atoms with Crippen LogP contribution in [-0.2, 0) is 14.3 Å². The van der Waals surface area contributed by atoms with Gasteiger partial charge in [0, 0.05) is 12.3 Å². The second-order valence-corrected chi connectivity index (χ2v) is 9.22.